The SMILES string of the molecule is COC(CNc1cc(C(N)=O)ccc1Cl)OC. The number of carbonyl (C=O) groups is 1. The zero-order chi connectivity index (χ0) is 12.8. The molecule has 0 aliphatic rings. The maximum Gasteiger partial charge on any atom is 0.248 e. The Kier molecular flexibility index (Phi) is 5.21. The van der Waals surface area contributed by atoms with Gasteiger partial charge in [0.05, 0.1) is 17.3 Å². The molecule has 17 heavy (non-hydrogen) atoms. The van der Waals surface area contributed by atoms with E-state index in [9.17, 15) is 4.79 Å². The highest BCUT2D eigenvalue weighted by molar-refractivity contribution is 6.33. The fourth-order valence-electron chi connectivity index (χ4n) is 1.27. The molecular weight excluding hydrogens is 244 g/mol. The minimum absolute atomic E-state index is 0.386. The Morgan fingerprint density at radius 2 is 2.12 bits per heavy atom. The summed E-state index contributed by atoms with van der Waals surface area (Å²) in [6.07, 6.45) is -0.386. The average Bonchev–Trinajstić information content (AvgIpc) is 2.32. The summed E-state index contributed by atoms with van der Waals surface area (Å²) in [4.78, 5) is 11.0. The van der Waals surface area contributed by atoms with Crippen LogP contribution in [-0.2, 0) is 9.47 Å². The molecule has 1 aromatic carbocycles. The second-order valence-corrected chi connectivity index (χ2v) is 3.75. The van der Waals surface area contributed by atoms with Crippen molar-refractivity contribution < 1.29 is 14.3 Å². The number of ether oxygens (including phenoxy) is 2. The first-order valence-corrected chi connectivity index (χ1v) is 5.35. The number of carbonyl (C=O) groups excluding carboxylic acids is 1. The number of nitrogens with one attached hydrogen (secondary N) is 1. The molecule has 0 aliphatic carbocycles. The summed E-state index contributed by atoms with van der Waals surface area (Å²) in [7, 11) is 3.08. The first-order valence-electron chi connectivity index (χ1n) is 4.97. The standard InChI is InChI=1S/C11H15ClN2O3/c1-16-10(17-2)6-14-9-5-7(11(13)15)3-4-8(9)12/h3-5,10,14H,6H2,1-2H3,(H2,13,15). The number of hydrogen-bond acceptors (Lipinski definition) is 4. The fraction of sp³-hybridized carbons (Fsp3) is 0.364. The Hall–Kier alpha value is -1.30. The lowest BCUT2D eigenvalue weighted by molar-refractivity contribution is -0.0914. The van der Waals surface area contributed by atoms with E-state index in [1.807, 2.05) is 0 Å². The first-order chi connectivity index (χ1) is 8.08. The zero-order valence-corrected chi connectivity index (χ0v) is 10.5. The van der Waals surface area contributed by atoms with E-state index in [0.717, 1.165) is 0 Å². The Balaban J connectivity index is 2.75. The van der Waals surface area contributed by atoms with E-state index in [1.54, 1.807) is 18.2 Å². The van der Waals surface area contributed by atoms with E-state index >= 15 is 0 Å². The van der Waals surface area contributed by atoms with Crippen molar-refractivity contribution in [1.29, 1.82) is 0 Å². The maximum atomic E-state index is 11.0. The highest BCUT2D eigenvalue weighted by Gasteiger charge is 2.08. The molecule has 1 amide bonds. The van der Waals surface area contributed by atoms with Gasteiger partial charge in [-0.05, 0) is 18.2 Å². The van der Waals surface area contributed by atoms with Crippen molar-refractivity contribution in [3.05, 3.63) is 28.8 Å². The highest BCUT2D eigenvalue weighted by Crippen LogP contribution is 2.22. The van der Waals surface area contributed by atoms with Gasteiger partial charge in [0.1, 0.15) is 0 Å². The molecule has 94 valence electrons. The van der Waals surface area contributed by atoms with Gasteiger partial charge in [-0.1, -0.05) is 11.6 Å². The van der Waals surface area contributed by atoms with E-state index in [4.69, 9.17) is 26.8 Å². The minimum Gasteiger partial charge on any atom is -0.379 e. The van der Waals surface area contributed by atoms with E-state index < -0.39 is 5.91 Å². The Morgan fingerprint density at radius 3 is 2.65 bits per heavy atom. The smallest absolute Gasteiger partial charge is 0.248 e. The monoisotopic (exact) mass is 258 g/mol. The van der Waals surface area contributed by atoms with Gasteiger partial charge in [-0.3, -0.25) is 4.79 Å². The van der Waals surface area contributed by atoms with Crippen LogP contribution >= 0.6 is 11.6 Å². The first kappa shape index (κ1) is 13.8. The zero-order valence-electron chi connectivity index (χ0n) is 9.70. The molecule has 5 nitrogen and oxygen atoms in total. The van der Waals surface area contributed by atoms with Crippen LogP contribution in [0.5, 0.6) is 0 Å². The number of hydrogen-bond donors (Lipinski definition) is 2. The number of halogens is 1. The molecule has 0 spiro atoms. The van der Waals surface area contributed by atoms with Gasteiger partial charge >= 0.3 is 0 Å². The molecule has 0 unspecified atom stereocenters. The number of primary amides is 1. The summed E-state index contributed by atoms with van der Waals surface area (Å²) in [5.41, 5.74) is 6.19. The van der Waals surface area contributed by atoms with Crippen LogP contribution in [-0.4, -0.2) is 33.0 Å². The molecule has 1 rings (SSSR count). The van der Waals surface area contributed by atoms with Crippen molar-refractivity contribution in [2.45, 2.75) is 6.29 Å². The lowest BCUT2D eigenvalue weighted by Gasteiger charge is -2.16. The van der Waals surface area contributed by atoms with Gasteiger partial charge < -0.3 is 20.5 Å². The maximum absolute atomic E-state index is 11.0. The summed E-state index contributed by atoms with van der Waals surface area (Å²) >= 11 is 5.97. The molecule has 1 aromatic rings. The summed E-state index contributed by atoms with van der Waals surface area (Å²) in [5.74, 6) is -0.500. The van der Waals surface area contributed by atoms with Crippen LogP contribution in [0.2, 0.25) is 5.02 Å². The molecule has 0 atom stereocenters. The fourth-order valence-corrected chi connectivity index (χ4v) is 1.45. The third-order valence-corrected chi connectivity index (χ3v) is 2.57. The molecule has 3 N–H and O–H groups in total. The third kappa shape index (κ3) is 3.89. The van der Waals surface area contributed by atoms with Crippen LogP contribution in [0.1, 0.15) is 10.4 Å². The van der Waals surface area contributed by atoms with Crippen LogP contribution in [0.15, 0.2) is 18.2 Å². The van der Waals surface area contributed by atoms with Crippen molar-refractivity contribution in [3.8, 4) is 0 Å². The number of benzene rings is 1. The van der Waals surface area contributed by atoms with Crippen molar-refractivity contribution >= 4 is 23.2 Å². The number of anilines is 1. The molecule has 0 fully saturated rings. The van der Waals surface area contributed by atoms with Crippen molar-refractivity contribution in [3.63, 3.8) is 0 Å². The second-order valence-electron chi connectivity index (χ2n) is 3.34. The normalized spacial score (nSPS) is 10.6. The Labute approximate surface area is 105 Å². The van der Waals surface area contributed by atoms with Crippen LogP contribution < -0.4 is 11.1 Å². The topological polar surface area (TPSA) is 73.6 Å². The average molecular weight is 259 g/mol. The summed E-state index contributed by atoms with van der Waals surface area (Å²) in [6, 6.07) is 4.77. The lowest BCUT2D eigenvalue weighted by atomic mass is 10.2. The van der Waals surface area contributed by atoms with E-state index in [1.165, 1.54) is 14.2 Å². The van der Waals surface area contributed by atoms with E-state index in [0.29, 0.717) is 22.8 Å². The van der Waals surface area contributed by atoms with Crippen molar-refractivity contribution in [2.24, 2.45) is 5.73 Å². The van der Waals surface area contributed by atoms with Gasteiger partial charge in [0.2, 0.25) is 5.91 Å². The molecule has 6 heteroatoms. The van der Waals surface area contributed by atoms with Gasteiger partial charge in [0, 0.05) is 19.8 Å². The van der Waals surface area contributed by atoms with Crippen molar-refractivity contribution in [1.82, 2.24) is 0 Å². The lowest BCUT2D eigenvalue weighted by Crippen LogP contribution is -2.24. The molecule has 0 radical (unpaired) electrons. The Morgan fingerprint density at radius 1 is 1.47 bits per heavy atom. The number of methoxy groups -OCH3 is 2. The van der Waals surface area contributed by atoms with Gasteiger partial charge in [-0.15, -0.1) is 0 Å². The van der Waals surface area contributed by atoms with Crippen LogP contribution in [0.3, 0.4) is 0 Å². The van der Waals surface area contributed by atoms with Gasteiger partial charge in [0.15, 0.2) is 6.29 Å². The number of nitrogens with two attached hydrogens (primary N) is 1. The molecule has 0 bridgehead atoms. The predicted octanol–water partition coefficient (Wildman–Crippen LogP) is 1.47. The second kappa shape index (κ2) is 6.44. The van der Waals surface area contributed by atoms with Crippen LogP contribution in [0, 0.1) is 0 Å². The molecular formula is C11H15ClN2O3. The molecule has 0 aliphatic heterocycles. The Bertz CT molecular complexity index is 394. The largest absolute Gasteiger partial charge is 0.379 e. The molecule has 0 heterocycles. The predicted molar refractivity (Wildman–Crippen MR) is 66.3 cm³/mol. The third-order valence-electron chi connectivity index (χ3n) is 2.24. The van der Waals surface area contributed by atoms with E-state index in [2.05, 4.69) is 5.32 Å². The van der Waals surface area contributed by atoms with Gasteiger partial charge in [0.25, 0.3) is 0 Å². The van der Waals surface area contributed by atoms with Crippen molar-refractivity contribution in [2.75, 3.05) is 26.1 Å². The summed E-state index contributed by atoms with van der Waals surface area (Å²) in [5, 5.41) is 3.52. The number of amides is 1. The quantitative estimate of drug-likeness (QED) is 0.758. The molecule has 0 saturated heterocycles. The summed E-state index contributed by atoms with van der Waals surface area (Å²) < 4.78 is 10.0. The molecule has 0 saturated carbocycles. The van der Waals surface area contributed by atoms with Crippen LogP contribution in [0.4, 0.5) is 5.69 Å². The highest BCUT2D eigenvalue weighted by atomic mass is 35.5. The minimum atomic E-state index is -0.500. The van der Waals surface area contributed by atoms with Gasteiger partial charge in [-0.2, -0.15) is 0 Å². The molecule has 0 aromatic heterocycles. The van der Waals surface area contributed by atoms with Crippen LogP contribution in [0.25, 0.3) is 0 Å². The van der Waals surface area contributed by atoms with E-state index in [-0.39, 0.29) is 6.29 Å². The van der Waals surface area contributed by atoms with Gasteiger partial charge in [-0.25, -0.2) is 0 Å². The number of rotatable bonds is 6. The summed E-state index contributed by atoms with van der Waals surface area (Å²) in [6.45, 7) is 0.412.